The Bertz CT molecular complexity index is 1520. The van der Waals surface area contributed by atoms with E-state index in [9.17, 15) is 5.11 Å². The van der Waals surface area contributed by atoms with Crippen LogP contribution in [0.15, 0.2) is 73.1 Å². The van der Waals surface area contributed by atoms with Crippen LogP contribution in [0.3, 0.4) is 0 Å². The smallest absolute Gasteiger partial charge is 0.241 e. The molecule has 0 saturated heterocycles. The first-order valence-electron chi connectivity index (χ1n) is 11.8. The molecule has 0 aliphatic carbocycles. The normalized spacial score (nSPS) is 11.7. The van der Waals surface area contributed by atoms with Crippen molar-refractivity contribution in [2.45, 2.75) is 6.04 Å². The van der Waals surface area contributed by atoms with Gasteiger partial charge in [-0.25, -0.2) is 19.5 Å². The molecule has 3 N–H and O–H groups in total. The fraction of sp³-hybridized carbons (Fsp3) is 0.185. The summed E-state index contributed by atoms with van der Waals surface area (Å²) in [6.07, 6.45) is 1.42. The zero-order valence-electron chi connectivity index (χ0n) is 21.1. The van der Waals surface area contributed by atoms with Crippen LogP contribution in [0.1, 0.15) is 11.6 Å². The molecule has 0 radical (unpaired) electrons. The van der Waals surface area contributed by atoms with Crippen LogP contribution in [-0.2, 0) is 0 Å². The number of aliphatic hydroxyl groups excluding tert-OH is 1. The highest BCUT2D eigenvalue weighted by atomic mass is 16.5. The maximum absolute atomic E-state index is 10.1. The molecule has 2 aromatic heterocycles. The van der Waals surface area contributed by atoms with Crippen LogP contribution < -0.4 is 24.8 Å². The molecule has 194 valence electrons. The third-order valence-corrected chi connectivity index (χ3v) is 5.93. The monoisotopic (exact) mass is 513 g/mol. The topological polar surface area (TPSA) is 128 Å². The van der Waals surface area contributed by atoms with Crippen LogP contribution in [0, 0.1) is 0 Å². The zero-order chi connectivity index (χ0) is 26.5. The summed E-state index contributed by atoms with van der Waals surface area (Å²) in [5.41, 5.74) is 3.10. The summed E-state index contributed by atoms with van der Waals surface area (Å²) in [6, 6.07) is 20.5. The van der Waals surface area contributed by atoms with Gasteiger partial charge in [0.1, 0.15) is 6.33 Å². The number of rotatable bonds is 10. The maximum atomic E-state index is 10.1. The second kappa shape index (κ2) is 11.0. The maximum Gasteiger partial charge on any atom is 0.241 e. The second-order valence-electron chi connectivity index (χ2n) is 8.20. The van der Waals surface area contributed by atoms with Crippen molar-refractivity contribution in [2.75, 3.05) is 38.6 Å². The van der Waals surface area contributed by atoms with Gasteiger partial charge in [0.15, 0.2) is 11.5 Å². The Hall–Kier alpha value is -4.90. The molecule has 5 rings (SSSR count). The van der Waals surface area contributed by atoms with E-state index in [1.165, 1.54) is 6.33 Å². The highest BCUT2D eigenvalue weighted by Gasteiger charge is 2.20. The lowest BCUT2D eigenvalue weighted by molar-refractivity contribution is 0.276. The average Bonchev–Trinajstić information content (AvgIpc) is 3.34. The highest BCUT2D eigenvalue weighted by Crippen LogP contribution is 2.40. The van der Waals surface area contributed by atoms with Gasteiger partial charge in [-0.05, 0) is 17.7 Å². The molecule has 0 bridgehead atoms. The zero-order valence-corrected chi connectivity index (χ0v) is 21.1. The van der Waals surface area contributed by atoms with Gasteiger partial charge < -0.3 is 30.0 Å². The Morgan fingerprint density at radius 3 is 2.26 bits per heavy atom. The third kappa shape index (κ3) is 4.87. The van der Waals surface area contributed by atoms with Gasteiger partial charge in [0.25, 0.3) is 0 Å². The van der Waals surface area contributed by atoms with Gasteiger partial charge in [0, 0.05) is 17.8 Å². The summed E-state index contributed by atoms with van der Waals surface area (Å²) in [6.45, 7) is -0.127. The number of benzene rings is 3. The van der Waals surface area contributed by atoms with Crippen LogP contribution in [0.2, 0.25) is 0 Å². The molecule has 0 amide bonds. The van der Waals surface area contributed by atoms with Crippen LogP contribution in [0.4, 0.5) is 17.6 Å². The SMILES string of the molecule is COc1cc(Nc2ncnc(-n3c(N[C@H](CO)c4ccccc4)nc4ccccc43)n2)cc(OC)c1OC. The number of ether oxygens (including phenoxy) is 3. The molecule has 3 aromatic carbocycles. The molecule has 11 heteroatoms. The molecular weight excluding hydrogens is 486 g/mol. The number of fused-ring (bicyclic) bond motifs is 1. The number of aliphatic hydroxyl groups is 1. The quantitative estimate of drug-likeness (QED) is 0.251. The minimum absolute atomic E-state index is 0.127. The van der Waals surface area contributed by atoms with E-state index in [0.717, 1.165) is 16.6 Å². The first-order chi connectivity index (χ1) is 18.6. The number of hydrogen-bond acceptors (Lipinski definition) is 10. The van der Waals surface area contributed by atoms with Gasteiger partial charge in [-0.15, -0.1) is 0 Å². The molecule has 38 heavy (non-hydrogen) atoms. The van der Waals surface area contributed by atoms with Crippen LogP contribution in [0.5, 0.6) is 17.2 Å². The van der Waals surface area contributed by atoms with E-state index in [1.54, 1.807) is 38.0 Å². The molecule has 0 spiro atoms. The van der Waals surface area contributed by atoms with Crippen molar-refractivity contribution >= 4 is 28.6 Å². The van der Waals surface area contributed by atoms with E-state index in [2.05, 4.69) is 25.6 Å². The number of anilines is 3. The molecule has 5 aromatic rings. The Balaban J connectivity index is 1.53. The van der Waals surface area contributed by atoms with E-state index >= 15 is 0 Å². The third-order valence-electron chi connectivity index (χ3n) is 5.93. The minimum Gasteiger partial charge on any atom is -0.493 e. The van der Waals surface area contributed by atoms with Gasteiger partial charge >= 0.3 is 0 Å². The average molecular weight is 514 g/mol. The van der Waals surface area contributed by atoms with Crippen molar-refractivity contribution < 1.29 is 19.3 Å². The fourth-order valence-electron chi connectivity index (χ4n) is 4.14. The highest BCUT2D eigenvalue weighted by molar-refractivity contribution is 5.80. The Labute approximate surface area is 219 Å². The van der Waals surface area contributed by atoms with Gasteiger partial charge in [0.05, 0.1) is 45.0 Å². The summed E-state index contributed by atoms with van der Waals surface area (Å²) in [7, 11) is 4.65. The van der Waals surface area contributed by atoms with E-state index in [1.807, 2.05) is 54.6 Å². The lowest BCUT2D eigenvalue weighted by atomic mass is 10.1. The van der Waals surface area contributed by atoms with Gasteiger partial charge in [0.2, 0.25) is 23.6 Å². The minimum atomic E-state index is -0.384. The van der Waals surface area contributed by atoms with Crippen LogP contribution in [-0.4, -0.2) is 57.5 Å². The summed E-state index contributed by atoms with van der Waals surface area (Å²) < 4.78 is 18.1. The van der Waals surface area contributed by atoms with Gasteiger partial charge in [-0.3, -0.25) is 0 Å². The van der Waals surface area contributed by atoms with Crippen molar-refractivity contribution in [1.29, 1.82) is 0 Å². The van der Waals surface area contributed by atoms with E-state index in [-0.39, 0.29) is 12.6 Å². The molecular formula is C27H27N7O4. The van der Waals surface area contributed by atoms with Crippen LogP contribution in [0.25, 0.3) is 17.0 Å². The molecule has 0 saturated carbocycles. The van der Waals surface area contributed by atoms with Crippen molar-refractivity contribution in [2.24, 2.45) is 0 Å². The van der Waals surface area contributed by atoms with Crippen molar-refractivity contribution in [3.05, 3.63) is 78.6 Å². The Morgan fingerprint density at radius 2 is 1.58 bits per heavy atom. The predicted octanol–water partition coefficient (Wildman–Crippen LogP) is 4.13. The van der Waals surface area contributed by atoms with Crippen molar-refractivity contribution in [3.63, 3.8) is 0 Å². The van der Waals surface area contributed by atoms with E-state index in [0.29, 0.717) is 40.8 Å². The summed E-state index contributed by atoms with van der Waals surface area (Å²) in [4.78, 5) is 18.1. The van der Waals surface area contributed by atoms with E-state index < -0.39 is 0 Å². The molecule has 0 unspecified atom stereocenters. The second-order valence-corrected chi connectivity index (χ2v) is 8.20. The first kappa shape index (κ1) is 24.8. The van der Waals surface area contributed by atoms with Gasteiger partial charge in [-0.1, -0.05) is 42.5 Å². The summed E-state index contributed by atoms with van der Waals surface area (Å²) in [5.74, 6) is 2.59. The van der Waals surface area contributed by atoms with Gasteiger partial charge in [-0.2, -0.15) is 4.98 Å². The number of para-hydroxylation sites is 2. The number of hydrogen-bond donors (Lipinski definition) is 3. The molecule has 2 heterocycles. The number of methoxy groups -OCH3 is 3. The molecule has 1 atom stereocenters. The molecule has 0 aliphatic heterocycles. The fourth-order valence-corrected chi connectivity index (χ4v) is 4.14. The van der Waals surface area contributed by atoms with Crippen molar-refractivity contribution in [3.8, 4) is 23.2 Å². The number of aromatic nitrogens is 5. The van der Waals surface area contributed by atoms with Crippen molar-refractivity contribution in [1.82, 2.24) is 24.5 Å². The predicted molar refractivity (Wildman–Crippen MR) is 144 cm³/mol. The number of nitrogens with zero attached hydrogens (tertiary/aromatic N) is 5. The summed E-state index contributed by atoms with van der Waals surface area (Å²) in [5, 5.41) is 16.7. The van der Waals surface area contributed by atoms with Crippen LogP contribution >= 0.6 is 0 Å². The number of nitrogens with one attached hydrogen (secondary N) is 2. The standard InChI is InChI=1S/C27H27N7O4/c1-36-22-13-18(14-23(37-2)24(22)38-3)30-25-28-16-29-26(33-25)34-21-12-8-7-11-19(21)31-27(34)32-20(15-35)17-9-5-4-6-10-17/h4-14,16,20,35H,15H2,1-3H3,(H,31,32)(H,28,29,30,33)/t20-/m1/s1. The largest absolute Gasteiger partial charge is 0.493 e. The number of imidazole rings is 1. The molecule has 0 aliphatic rings. The first-order valence-corrected chi connectivity index (χ1v) is 11.8. The van der Waals surface area contributed by atoms with E-state index in [4.69, 9.17) is 19.2 Å². The molecule has 0 fully saturated rings. The lowest BCUT2D eigenvalue weighted by Gasteiger charge is -2.18. The summed E-state index contributed by atoms with van der Waals surface area (Å²) >= 11 is 0. The molecule has 11 nitrogen and oxygen atoms in total. The Morgan fingerprint density at radius 1 is 0.868 bits per heavy atom. The lowest BCUT2D eigenvalue weighted by Crippen LogP contribution is -2.18. The Kier molecular flexibility index (Phi) is 7.18.